The molecule has 2 atom stereocenters. The Morgan fingerprint density at radius 3 is 3.20 bits per heavy atom. The number of carbonyl (C=O) groups is 1. The normalized spacial score (nSPS) is 26.5. The van der Waals surface area contributed by atoms with E-state index in [4.69, 9.17) is 4.42 Å². The van der Waals surface area contributed by atoms with E-state index >= 15 is 0 Å². The van der Waals surface area contributed by atoms with E-state index in [1.54, 1.807) is 12.3 Å². The summed E-state index contributed by atoms with van der Waals surface area (Å²) in [7, 11) is 0. The van der Waals surface area contributed by atoms with Crippen molar-refractivity contribution in [2.75, 3.05) is 6.54 Å². The number of piperidine rings is 1. The van der Waals surface area contributed by atoms with Crippen LogP contribution < -0.4 is 5.32 Å². The van der Waals surface area contributed by atoms with Crippen LogP contribution in [0, 0.1) is 5.92 Å². The summed E-state index contributed by atoms with van der Waals surface area (Å²) in [5.41, 5.74) is 0.690. The second kappa shape index (κ2) is 4.62. The Morgan fingerprint density at radius 2 is 2.53 bits per heavy atom. The van der Waals surface area contributed by atoms with Crippen molar-refractivity contribution in [3.05, 3.63) is 24.2 Å². The summed E-state index contributed by atoms with van der Waals surface area (Å²) in [5.74, 6) is 0.906. The van der Waals surface area contributed by atoms with Gasteiger partial charge in [0.25, 0.3) is 0 Å². The van der Waals surface area contributed by atoms with Crippen molar-refractivity contribution < 1.29 is 9.21 Å². The van der Waals surface area contributed by atoms with Gasteiger partial charge in [-0.15, -0.1) is 0 Å². The maximum absolute atomic E-state index is 11.8. The van der Waals surface area contributed by atoms with Gasteiger partial charge in [-0.1, -0.05) is 6.92 Å². The molecule has 0 spiro atoms. The third-order valence-electron chi connectivity index (χ3n) is 3.03. The minimum absolute atomic E-state index is 0.176. The lowest BCUT2D eigenvalue weighted by molar-refractivity contribution is 0.0958. The Hall–Kier alpha value is -1.09. The average molecular weight is 207 g/mol. The zero-order valence-electron chi connectivity index (χ0n) is 9.03. The van der Waals surface area contributed by atoms with Crippen LogP contribution in [0.4, 0.5) is 0 Å². The lowest BCUT2D eigenvalue weighted by atomic mass is 9.91. The molecule has 1 aliphatic heterocycles. The quantitative estimate of drug-likeness (QED) is 0.773. The number of Topliss-reactive ketones (excluding diaryl/α,β-unsaturated/α-hetero) is 1. The Kier molecular flexibility index (Phi) is 3.21. The molecule has 3 heteroatoms. The highest BCUT2D eigenvalue weighted by atomic mass is 16.3. The average Bonchev–Trinajstić information content (AvgIpc) is 2.70. The van der Waals surface area contributed by atoms with Crippen molar-refractivity contribution in [1.29, 1.82) is 0 Å². The molecule has 3 nitrogen and oxygen atoms in total. The summed E-state index contributed by atoms with van der Waals surface area (Å²) in [6, 6.07) is 2.07. The molecule has 0 aliphatic carbocycles. The Morgan fingerprint density at radius 1 is 1.67 bits per heavy atom. The van der Waals surface area contributed by atoms with Crippen molar-refractivity contribution in [3.8, 4) is 0 Å². The minimum atomic E-state index is 0.176. The molecule has 82 valence electrons. The fourth-order valence-electron chi connectivity index (χ4n) is 2.14. The summed E-state index contributed by atoms with van der Waals surface area (Å²) < 4.78 is 4.90. The summed E-state index contributed by atoms with van der Waals surface area (Å²) >= 11 is 0. The highest BCUT2D eigenvalue weighted by molar-refractivity contribution is 5.96. The Balaban J connectivity index is 1.89. The van der Waals surface area contributed by atoms with Gasteiger partial charge in [-0.25, -0.2) is 0 Å². The van der Waals surface area contributed by atoms with E-state index in [-0.39, 0.29) is 5.78 Å². The molecule has 2 rings (SSSR count). The van der Waals surface area contributed by atoms with E-state index in [9.17, 15) is 4.79 Å². The maximum atomic E-state index is 11.8. The van der Waals surface area contributed by atoms with Crippen LogP contribution in [0.2, 0.25) is 0 Å². The van der Waals surface area contributed by atoms with Gasteiger partial charge < -0.3 is 9.73 Å². The zero-order chi connectivity index (χ0) is 10.7. The van der Waals surface area contributed by atoms with Crippen LogP contribution in [0.3, 0.4) is 0 Å². The van der Waals surface area contributed by atoms with Gasteiger partial charge in [-0.3, -0.25) is 4.79 Å². The van der Waals surface area contributed by atoms with Crippen molar-refractivity contribution in [2.24, 2.45) is 5.92 Å². The summed E-state index contributed by atoms with van der Waals surface area (Å²) in [4.78, 5) is 11.8. The summed E-state index contributed by atoms with van der Waals surface area (Å²) in [6.07, 6.45) is 5.97. The van der Waals surface area contributed by atoms with Gasteiger partial charge in [0, 0.05) is 12.5 Å². The number of hydrogen-bond donors (Lipinski definition) is 1. The molecule has 0 bridgehead atoms. The molecular formula is C12H17NO2. The van der Waals surface area contributed by atoms with Crippen LogP contribution in [0.15, 0.2) is 23.0 Å². The van der Waals surface area contributed by atoms with Crippen molar-refractivity contribution in [1.82, 2.24) is 5.32 Å². The number of hydrogen-bond acceptors (Lipinski definition) is 3. The largest absolute Gasteiger partial charge is 0.472 e. The van der Waals surface area contributed by atoms with Crippen LogP contribution in [0.1, 0.15) is 36.5 Å². The van der Waals surface area contributed by atoms with E-state index in [2.05, 4.69) is 12.2 Å². The SMILES string of the molecule is CC1CCNC(CC(=O)c2ccoc2)C1. The Bertz CT molecular complexity index is 318. The molecule has 0 amide bonds. The summed E-state index contributed by atoms with van der Waals surface area (Å²) in [6.45, 7) is 3.28. The van der Waals surface area contributed by atoms with Crippen LogP contribution in [0.25, 0.3) is 0 Å². The number of carbonyl (C=O) groups excluding carboxylic acids is 1. The van der Waals surface area contributed by atoms with E-state index < -0.39 is 0 Å². The molecule has 2 unspecified atom stereocenters. The first kappa shape index (κ1) is 10.4. The van der Waals surface area contributed by atoms with Gasteiger partial charge >= 0.3 is 0 Å². The predicted molar refractivity (Wildman–Crippen MR) is 57.8 cm³/mol. The van der Waals surface area contributed by atoms with E-state index in [0.717, 1.165) is 18.9 Å². The van der Waals surface area contributed by atoms with E-state index in [1.165, 1.54) is 12.7 Å². The first-order chi connectivity index (χ1) is 7.25. The van der Waals surface area contributed by atoms with E-state index in [1.807, 2.05) is 0 Å². The highest BCUT2D eigenvalue weighted by Crippen LogP contribution is 2.18. The van der Waals surface area contributed by atoms with Crippen LogP contribution in [-0.4, -0.2) is 18.4 Å². The molecule has 0 aromatic carbocycles. The molecule has 1 aromatic rings. The highest BCUT2D eigenvalue weighted by Gasteiger charge is 2.21. The molecule has 1 aromatic heterocycles. The van der Waals surface area contributed by atoms with Crippen LogP contribution in [-0.2, 0) is 0 Å². The lowest BCUT2D eigenvalue weighted by Crippen LogP contribution is -2.38. The Labute approximate surface area is 89.9 Å². The number of furan rings is 1. The lowest BCUT2D eigenvalue weighted by Gasteiger charge is -2.27. The zero-order valence-corrected chi connectivity index (χ0v) is 9.03. The second-order valence-electron chi connectivity index (χ2n) is 4.42. The fraction of sp³-hybridized carbons (Fsp3) is 0.583. The molecule has 1 saturated heterocycles. The third kappa shape index (κ3) is 2.69. The molecule has 1 aliphatic rings. The monoisotopic (exact) mass is 207 g/mol. The van der Waals surface area contributed by atoms with Crippen molar-refractivity contribution in [2.45, 2.75) is 32.2 Å². The number of ketones is 1. The van der Waals surface area contributed by atoms with Crippen molar-refractivity contribution in [3.63, 3.8) is 0 Å². The molecular weight excluding hydrogens is 190 g/mol. The van der Waals surface area contributed by atoms with Gasteiger partial charge in [0.05, 0.1) is 11.8 Å². The van der Waals surface area contributed by atoms with Gasteiger partial charge in [0.2, 0.25) is 0 Å². The molecule has 1 fully saturated rings. The molecule has 1 N–H and O–H groups in total. The maximum Gasteiger partial charge on any atom is 0.167 e. The molecule has 0 radical (unpaired) electrons. The number of nitrogens with one attached hydrogen (secondary N) is 1. The second-order valence-corrected chi connectivity index (χ2v) is 4.42. The standard InChI is InChI=1S/C12H17NO2/c1-9-2-4-13-11(6-9)7-12(14)10-3-5-15-8-10/h3,5,8-9,11,13H,2,4,6-7H2,1H3. The fourth-order valence-corrected chi connectivity index (χ4v) is 2.14. The van der Waals surface area contributed by atoms with Crippen LogP contribution in [0.5, 0.6) is 0 Å². The van der Waals surface area contributed by atoms with Crippen LogP contribution >= 0.6 is 0 Å². The first-order valence-corrected chi connectivity index (χ1v) is 5.54. The molecule has 15 heavy (non-hydrogen) atoms. The molecule has 0 saturated carbocycles. The van der Waals surface area contributed by atoms with E-state index in [0.29, 0.717) is 18.0 Å². The minimum Gasteiger partial charge on any atom is -0.472 e. The topological polar surface area (TPSA) is 42.2 Å². The molecule has 2 heterocycles. The third-order valence-corrected chi connectivity index (χ3v) is 3.03. The predicted octanol–water partition coefficient (Wildman–Crippen LogP) is 2.24. The van der Waals surface area contributed by atoms with Gasteiger partial charge in [-0.05, 0) is 31.4 Å². The number of rotatable bonds is 3. The van der Waals surface area contributed by atoms with Gasteiger partial charge in [0.1, 0.15) is 6.26 Å². The van der Waals surface area contributed by atoms with Gasteiger partial charge in [0.15, 0.2) is 5.78 Å². The first-order valence-electron chi connectivity index (χ1n) is 5.54. The summed E-state index contributed by atoms with van der Waals surface area (Å²) in [5, 5.41) is 3.39. The smallest absolute Gasteiger partial charge is 0.167 e. The van der Waals surface area contributed by atoms with Gasteiger partial charge in [-0.2, -0.15) is 0 Å². The van der Waals surface area contributed by atoms with Crippen molar-refractivity contribution >= 4 is 5.78 Å².